The van der Waals surface area contributed by atoms with Crippen molar-refractivity contribution < 1.29 is 0 Å². The van der Waals surface area contributed by atoms with Crippen molar-refractivity contribution in [1.82, 2.24) is 14.0 Å². The summed E-state index contributed by atoms with van der Waals surface area (Å²) in [7, 11) is 0. The summed E-state index contributed by atoms with van der Waals surface area (Å²) >= 11 is 5.92. The molecule has 0 amide bonds. The fourth-order valence-electron chi connectivity index (χ4n) is 3.98. The second-order valence-corrected chi connectivity index (χ2v) is 7.70. The first-order valence-electron chi connectivity index (χ1n) is 9.13. The van der Waals surface area contributed by atoms with Crippen molar-refractivity contribution in [2.75, 3.05) is 13.1 Å². The van der Waals surface area contributed by atoms with Crippen molar-refractivity contribution in [2.24, 2.45) is 5.92 Å². The zero-order valence-electron chi connectivity index (χ0n) is 15.0. The highest BCUT2D eigenvalue weighted by atomic mass is 32.1. The Morgan fingerprint density at radius 2 is 1.88 bits per heavy atom. The number of benzene rings is 2. The van der Waals surface area contributed by atoms with E-state index in [1.165, 1.54) is 29.4 Å². The monoisotopic (exact) mass is 351 g/mol. The number of imidazole rings is 1. The number of rotatable bonds is 3. The predicted octanol–water partition coefficient (Wildman–Crippen LogP) is 5.16. The van der Waals surface area contributed by atoms with Gasteiger partial charge < -0.3 is 4.57 Å². The lowest BCUT2D eigenvalue weighted by Crippen LogP contribution is -2.35. The predicted molar refractivity (Wildman–Crippen MR) is 107 cm³/mol. The molecular formula is C21H25N3S. The van der Waals surface area contributed by atoms with Crippen LogP contribution in [-0.2, 0) is 6.67 Å². The van der Waals surface area contributed by atoms with Crippen LogP contribution in [0.4, 0.5) is 0 Å². The van der Waals surface area contributed by atoms with Crippen LogP contribution in [0.5, 0.6) is 0 Å². The largest absolute Gasteiger partial charge is 0.303 e. The summed E-state index contributed by atoms with van der Waals surface area (Å²) in [6.45, 7) is 7.67. The van der Waals surface area contributed by atoms with Crippen LogP contribution >= 0.6 is 12.2 Å². The van der Waals surface area contributed by atoms with E-state index in [0.717, 1.165) is 36.1 Å². The van der Waals surface area contributed by atoms with Gasteiger partial charge in [-0.3, -0.25) is 9.47 Å². The molecule has 25 heavy (non-hydrogen) atoms. The molecule has 0 aliphatic carbocycles. The number of hydrogen-bond donors (Lipinski definition) is 0. The highest BCUT2D eigenvalue weighted by Gasteiger charge is 2.19. The maximum atomic E-state index is 5.92. The molecule has 4 heteroatoms. The van der Waals surface area contributed by atoms with Crippen molar-refractivity contribution >= 4 is 23.3 Å². The Labute approximate surface area is 154 Å². The van der Waals surface area contributed by atoms with Gasteiger partial charge in [-0.25, -0.2) is 0 Å². The zero-order chi connectivity index (χ0) is 17.4. The summed E-state index contributed by atoms with van der Waals surface area (Å²) in [5.74, 6) is 0.771. The highest BCUT2D eigenvalue weighted by Crippen LogP contribution is 2.24. The zero-order valence-corrected chi connectivity index (χ0v) is 15.8. The van der Waals surface area contributed by atoms with Gasteiger partial charge in [0.15, 0.2) is 4.77 Å². The van der Waals surface area contributed by atoms with Crippen molar-refractivity contribution in [2.45, 2.75) is 33.4 Å². The molecule has 1 fully saturated rings. The van der Waals surface area contributed by atoms with Gasteiger partial charge in [-0.2, -0.15) is 0 Å². The smallest absolute Gasteiger partial charge is 0.186 e. The lowest BCUT2D eigenvalue weighted by Gasteiger charge is -2.31. The second kappa shape index (κ2) is 6.77. The van der Waals surface area contributed by atoms with Gasteiger partial charge in [0.1, 0.15) is 0 Å². The molecule has 130 valence electrons. The van der Waals surface area contributed by atoms with E-state index in [1.54, 1.807) is 0 Å². The van der Waals surface area contributed by atoms with E-state index in [4.69, 9.17) is 12.2 Å². The maximum absolute atomic E-state index is 5.92. The molecule has 3 nitrogen and oxygen atoms in total. The van der Waals surface area contributed by atoms with E-state index >= 15 is 0 Å². The minimum atomic E-state index is 0.771. The minimum absolute atomic E-state index is 0.771. The van der Waals surface area contributed by atoms with Crippen LogP contribution in [0.3, 0.4) is 0 Å². The van der Waals surface area contributed by atoms with Gasteiger partial charge in [0.05, 0.1) is 17.7 Å². The fourth-order valence-corrected chi connectivity index (χ4v) is 4.34. The van der Waals surface area contributed by atoms with Gasteiger partial charge in [0.25, 0.3) is 0 Å². The molecule has 4 rings (SSSR count). The molecule has 1 saturated heterocycles. The third-order valence-corrected chi connectivity index (χ3v) is 5.58. The minimum Gasteiger partial charge on any atom is -0.303 e. The number of para-hydroxylation sites is 2. The van der Waals surface area contributed by atoms with Gasteiger partial charge in [0.2, 0.25) is 0 Å². The van der Waals surface area contributed by atoms with Gasteiger partial charge in [-0.05, 0) is 74.3 Å². The van der Waals surface area contributed by atoms with Crippen LogP contribution in [0, 0.1) is 17.6 Å². The Kier molecular flexibility index (Phi) is 4.48. The molecule has 0 saturated carbocycles. The highest BCUT2D eigenvalue weighted by molar-refractivity contribution is 7.71. The summed E-state index contributed by atoms with van der Waals surface area (Å²) in [4.78, 5) is 2.54. The number of piperidine rings is 1. The van der Waals surface area contributed by atoms with Crippen molar-refractivity contribution in [3.63, 3.8) is 0 Å². The second-order valence-electron chi connectivity index (χ2n) is 7.34. The topological polar surface area (TPSA) is 13.1 Å². The molecule has 0 N–H and O–H groups in total. The molecule has 0 unspecified atom stereocenters. The third-order valence-electron chi connectivity index (χ3n) is 5.18. The van der Waals surface area contributed by atoms with Crippen molar-refractivity contribution in [3.05, 3.63) is 58.9 Å². The number of likely N-dealkylation sites (tertiary alicyclic amines) is 1. The molecule has 1 atom stereocenters. The first kappa shape index (κ1) is 16.6. The number of nitrogens with zero attached hydrogens (tertiary/aromatic N) is 3. The lowest BCUT2D eigenvalue weighted by molar-refractivity contribution is 0.147. The van der Waals surface area contributed by atoms with Gasteiger partial charge in [-0.1, -0.05) is 31.2 Å². The van der Waals surface area contributed by atoms with Gasteiger partial charge >= 0.3 is 0 Å². The molecule has 0 spiro atoms. The van der Waals surface area contributed by atoms with Gasteiger partial charge in [0, 0.05) is 12.2 Å². The molecule has 2 aromatic carbocycles. The molecule has 1 aromatic heterocycles. The summed E-state index contributed by atoms with van der Waals surface area (Å²) in [5.41, 5.74) is 4.79. The standard InChI is InChI=1S/C21H25N3S/c1-16-7-5-9-18(13-16)24-20-11-4-3-10-19(20)23(21(24)25)15-22-12-6-8-17(2)14-22/h3-5,7,9-11,13,17H,6,8,12,14-15H2,1-2H3/t17-/m1/s1. The van der Waals surface area contributed by atoms with Crippen LogP contribution in [0.1, 0.15) is 25.3 Å². The number of aromatic nitrogens is 2. The summed E-state index contributed by atoms with van der Waals surface area (Å²) in [6, 6.07) is 17.1. The quantitative estimate of drug-likeness (QED) is 0.605. The Balaban J connectivity index is 1.83. The summed E-state index contributed by atoms with van der Waals surface area (Å²) in [5, 5.41) is 0. The first-order valence-corrected chi connectivity index (χ1v) is 9.54. The van der Waals surface area contributed by atoms with E-state index in [1.807, 2.05) is 0 Å². The van der Waals surface area contributed by atoms with Gasteiger partial charge in [-0.15, -0.1) is 0 Å². The van der Waals surface area contributed by atoms with E-state index in [-0.39, 0.29) is 0 Å². The van der Waals surface area contributed by atoms with Crippen LogP contribution in [0.2, 0.25) is 0 Å². The van der Waals surface area contributed by atoms with Crippen molar-refractivity contribution in [3.8, 4) is 5.69 Å². The Hall–Kier alpha value is -1.91. The van der Waals surface area contributed by atoms with Crippen LogP contribution in [0.15, 0.2) is 48.5 Å². The molecule has 1 aliphatic rings. The molecule has 0 bridgehead atoms. The Morgan fingerprint density at radius 1 is 1.08 bits per heavy atom. The molecule has 2 heterocycles. The summed E-state index contributed by atoms with van der Waals surface area (Å²) < 4.78 is 5.39. The maximum Gasteiger partial charge on any atom is 0.186 e. The molecular weight excluding hydrogens is 326 g/mol. The fraction of sp³-hybridized carbons (Fsp3) is 0.381. The Bertz CT molecular complexity index is 953. The first-order chi connectivity index (χ1) is 12.1. The average molecular weight is 352 g/mol. The summed E-state index contributed by atoms with van der Waals surface area (Å²) in [6.07, 6.45) is 2.62. The van der Waals surface area contributed by atoms with Crippen LogP contribution in [0.25, 0.3) is 16.7 Å². The van der Waals surface area contributed by atoms with E-state index in [9.17, 15) is 0 Å². The van der Waals surface area contributed by atoms with E-state index in [0.29, 0.717) is 0 Å². The van der Waals surface area contributed by atoms with E-state index < -0.39 is 0 Å². The Morgan fingerprint density at radius 3 is 2.64 bits per heavy atom. The number of hydrogen-bond acceptors (Lipinski definition) is 2. The normalized spacial score (nSPS) is 18.7. The van der Waals surface area contributed by atoms with E-state index in [2.05, 4.69) is 76.4 Å². The number of aryl methyl sites for hydroxylation is 1. The van der Waals surface area contributed by atoms with Crippen LogP contribution < -0.4 is 0 Å². The number of fused-ring (bicyclic) bond motifs is 1. The van der Waals surface area contributed by atoms with Crippen LogP contribution in [-0.4, -0.2) is 27.1 Å². The average Bonchev–Trinajstić information content (AvgIpc) is 2.87. The van der Waals surface area contributed by atoms with Crippen molar-refractivity contribution in [1.29, 1.82) is 0 Å². The lowest BCUT2D eigenvalue weighted by atomic mass is 10.0. The molecule has 1 aliphatic heterocycles. The SMILES string of the molecule is Cc1cccc(-n2c(=S)n(CN3CCC[C@@H](C)C3)c3ccccc32)c1. The third kappa shape index (κ3) is 3.16. The molecule has 3 aromatic rings. The molecule has 0 radical (unpaired) electrons.